The highest BCUT2D eigenvalue weighted by Gasteiger charge is 2.08. The third kappa shape index (κ3) is 5.56. The van der Waals surface area contributed by atoms with Crippen LogP contribution in [0.4, 0.5) is 0 Å². The molecule has 1 aromatic carbocycles. The summed E-state index contributed by atoms with van der Waals surface area (Å²) in [6.07, 6.45) is 0.477. The van der Waals surface area contributed by atoms with Gasteiger partial charge in [0.05, 0.1) is 12.6 Å². The molecule has 0 aliphatic rings. The highest BCUT2D eigenvalue weighted by Crippen LogP contribution is 2.12. The Bertz CT molecular complexity index is 457. The van der Waals surface area contributed by atoms with Gasteiger partial charge in [-0.15, -0.1) is 0 Å². The van der Waals surface area contributed by atoms with Gasteiger partial charge in [0.2, 0.25) is 5.91 Å². The van der Waals surface area contributed by atoms with Crippen LogP contribution in [0.15, 0.2) is 24.3 Å². The van der Waals surface area contributed by atoms with Crippen LogP contribution in [-0.4, -0.2) is 31.3 Å². The summed E-state index contributed by atoms with van der Waals surface area (Å²) in [6, 6.07) is 7.60. The van der Waals surface area contributed by atoms with Crippen molar-refractivity contribution in [3.05, 3.63) is 35.4 Å². The number of hydrogen-bond donors (Lipinski definition) is 2. The first-order valence-electron chi connectivity index (χ1n) is 6.15. The van der Waals surface area contributed by atoms with Gasteiger partial charge in [-0.2, -0.15) is 0 Å². The normalized spacial score (nSPS) is 11.3. The van der Waals surface area contributed by atoms with Crippen LogP contribution < -0.4 is 5.32 Å². The molecule has 0 radical (unpaired) electrons. The molecule has 0 fully saturated rings. The largest absolute Gasteiger partial charge is 0.395 e. The van der Waals surface area contributed by atoms with E-state index in [2.05, 4.69) is 17.2 Å². The number of aliphatic hydroxyl groups is 1. The molecule has 0 aromatic heterocycles. The lowest BCUT2D eigenvalue weighted by molar-refractivity contribution is -0.125. The Morgan fingerprint density at radius 1 is 1.42 bits per heavy atom. The zero-order chi connectivity index (χ0) is 14.1. The summed E-state index contributed by atoms with van der Waals surface area (Å²) in [7, 11) is 1.49. The molecule has 19 heavy (non-hydrogen) atoms. The van der Waals surface area contributed by atoms with Gasteiger partial charge in [-0.05, 0) is 24.6 Å². The molecule has 0 saturated carbocycles. The van der Waals surface area contributed by atoms with E-state index in [1.54, 1.807) is 0 Å². The van der Waals surface area contributed by atoms with Crippen molar-refractivity contribution in [3.8, 4) is 11.8 Å². The van der Waals surface area contributed by atoms with Gasteiger partial charge in [0.15, 0.2) is 0 Å². The number of carbonyl (C=O) groups excluding carboxylic acids is 1. The standard InChI is InChI=1S/C15H19NO3/c1-12(16-15(18)11-19-2)14-8-6-13(7-9-14)5-3-4-10-17/h6-9,12,17H,4,10-11H2,1-2H3,(H,16,18). The van der Waals surface area contributed by atoms with Gasteiger partial charge in [-0.25, -0.2) is 0 Å². The molecule has 0 aliphatic carbocycles. The fourth-order valence-electron chi connectivity index (χ4n) is 1.57. The van der Waals surface area contributed by atoms with Gasteiger partial charge in [-0.1, -0.05) is 24.0 Å². The lowest BCUT2D eigenvalue weighted by Gasteiger charge is -2.14. The Morgan fingerprint density at radius 2 is 2.11 bits per heavy atom. The highest BCUT2D eigenvalue weighted by atomic mass is 16.5. The van der Waals surface area contributed by atoms with Crippen molar-refractivity contribution < 1.29 is 14.6 Å². The number of amides is 1. The highest BCUT2D eigenvalue weighted by molar-refractivity contribution is 5.77. The molecule has 102 valence electrons. The molecule has 0 bridgehead atoms. The average Bonchev–Trinajstić information content (AvgIpc) is 2.40. The van der Waals surface area contributed by atoms with Crippen LogP contribution in [-0.2, 0) is 9.53 Å². The molecule has 1 unspecified atom stereocenters. The monoisotopic (exact) mass is 261 g/mol. The van der Waals surface area contributed by atoms with Crippen LogP contribution in [0, 0.1) is 11.8 Å². The molecule has 2 N–H and O–H groups in total. The zero-order valence-corrected chi connectivity index (χ0v) is 11.3. The second-order valence-corrected chi connectivity index (χ2v) is 4.12. The Balaban J connectivity index is 2.61. The predicted molar refractivity (Wildman–Crippen MR) is 73.5 cm³/mol. The number of carbonyl (C=O) groups is 1. The molecule has 0 saturated heterocycles. The smallest absolute Gasteiger partial charge is 0.246 e. The lowest BCUT2D eigenvalue weighted by atomic mass is 10.1. The van der Waals surface area contributed by atoms with Crippen molar-refractivity contribution in [2.75, 3.05) is 20.3 Å². The molecule has 0 spiro atoms. The summed E-state index contributed by atoms with van der Waals surface area (Å²) in [5.41, 5.74) is 1.91. The van der Waals surface area contributed by atoms with Gasteiger partial charge in [-0.3, -0.25) is 4.79 Å². The van der Waals surface area contributed by atoms with Crippen molar-refractivity contribution >= 4 is 5.91 Å². The number of benzene rings is 1. The van der Waals surface area contributed by atoms with Crippen LogP contribution in [0.25, 0.3) is 0 Å². The topological polar surface area (TPSA) is 58.6 Å². The van der Waals surface area contributed by atoms with Crippen LogP contribution in [0.3, 0.4) is 0 Å². The first-order chi connectivity index (χ1) is 9.17. The average molecular weight is 261 g/mol. The number of methoxy groups -OCH3 is 1. The summed E-state index contributed by atoms with van der Waals surface area (Å²) in [6.45, 7) is 2.06. The second-order valence-electron chi connectivity index (χ2n) is 4.12. The van der Waals surface area contributed by atoms with Gasteiger partial charge in [0.25, 0.3) is 0 Å². The lowest BCUT2D eigenvalue weighted by Crippen LogP contribution is -2.29. The van der Waals surface area contributed by atoms with Crippen LogP contribution in [0.1, 0.15) is 30.5 Å². The number of nitrogens with one attached hydrogen (secondary N) is 1. The molecule has 1 aromatic rings. The third-order valence-corrected chi connectivity index (χ3v) is 2.53. The van der Waals surface area contributed by atoms with E-state index in [1.807, 2.05) is 31.2 Å². The second kappa shape index (κ2) is 8.30. The van der Waals surface area contributed by atoms with E-state index in [-0.39, 0.29) is 25.2 Å². The predicted octanol–water partition coefficient (Wildman–Crippen LogP) is 1.24. The minimum atomic E-state index is -0.137. The fraction of sp³-hybridized carbons (Fsp3) is 0.400. The van der Waals surface area contributed by atoms with E-state index >= 15 is 0 Å². The molecule has 0 aliphatic heterocycles. The van der Waals surface area contributed by atoms with E-state index in [0.717, 1.165) is 11.1 Å². The summed E-state index contributed by atoms with van der Waals surface area (Å²) in [4.78, 5) is 11.4. The Labute approximate surface area is 113 Å². The van der Waals surface area contributed by atoms with Gasteiger partial charge < -0.3 is 15.2 Å². The molecular weight excluding hydrogens is 242 g/mol. The quantitative estimate of drug-likeness (QED) is 0.784. The number of hydrogen-bond acceptors (Lipinski definition) is 3. The Hall–Kier alpha value is -1.83. The van der Waals surface area contributed by atoms with E-state index in [1.165, 1.54) is 7.11 Å². The van der Waals surface area contributed by atoms with E-state index < -0.39 is 0 Å². The first-order valence-corrected chi connectivity index (χ1v) is 6.15. The van der Waals surface area contributed by atoms with Crippen LogP contribution in [0.5, 0.6) is 0 Å². The van der Waals surface area contributed by atoms with Crippen molar-refractivity contribution in [2.45, 2.75) is 19.4 Å². The summed E-state index contributed by atoms with van der Waals surface area (Å²) in [5.74, 6) is 5.68. The molecule has 1 amide bonds. The summed E-state index contributed by atoms with van der Waals surface area (Å²) in [5, 5.41) is 11.5. The molecule has 1 rings (SSSR count). The van der Waals surface area contributed by atoms with Crippen molar-refractivity contribution in [2.24, 2.45) is 0 Å². The fourth-order valence-corrected chi connectivity index (χ4v) is 1.57. The Kier molecular flexibility index (Phi) is 6.65. The molecule has 1 atom stereocenters. The van der Waals surface area contributed by atoms with E-state index in [9.17, 15) is 4.79 Å². The van der Waals surface area contributed by atoms with Gasteiger partial charge >= 0.3 is 0 Å². The molecule has 0 heterocycles. The Morgan fingerprint density at radius 3 is 2.68 bits per heavy atom. The van der Waals surface area contributed by atoms with Crippen LogP contribution >= 0.6 is 0 Å². The minimum absolute atomic E-state index is 0.0645. The maximum absolute atomic E-state index is 11.4. The van der Waals surface area contributed by atoms with E-state index in [0.29, 0.717) is 6.42 Å². The minimum Gasteiger partial charge on any atom is -0.395 e. The number of rotatable bonds is 5. The molecular formula is C15H19NO3. The maximum atomic E-state index is 11.4. The van der Waals surface area contributed by atoms with Gasteiger partial charge in [0.1, 0.15) is 6.61 Å². The summed E-state index contributed by atoms with van der Waals surface area (Å²) >= 11 is 0. The number of ether oxygens (including phenoxy) is 1. The molecule has 4 heteroatoms. The zero-order valence-electron chi connectivity index (χ0n) is 11.3. The van der Waals surface area contributed by atoms with Crippen molar-refractivity contribution in [1.29, 1.82) is 0 Å². The maximum Gasteiger partial charge on any atom is 0.246 e. The molecule has 4 nitrogen and oxygen atoms in total. The van der Waals surface area contributed by atoms with Crippen molar-refractivity contribution in [3.63, 3.8) is 0 Å². The number of aliphatic hydroxyl groups excluding tert-OH is 1. The van der Waals surface area contributed by atoms with Crippen molar-refractivity contribution in [1.82, 2.24) is 5.32 Å². The third-order valence-electron chi connectivity index (χ3n) is 2.53. The SMILES string of the molecule is COCC(=O)NC(C)c1ccc(C#CCCO)cc1. The van der Waals surface area contributed by atoms with Gasteiger partial charge in [0, 0.05) is 19.1 Å². The van der Waals surface area contributed by atoms with Crippen LogP contribution in [0.2, 0.25) is 0 Å². The summed E-state index contributed by atoms with van der Waals surface area (Å²) < 4.78 is 4.76. The van der Waals surface area contributed by atoms with E-state index in [4.69, 9.17) is 9.84 Å². The first kappa shape index (κ1) is 15.2.